The quantitative estimate of drug-likeness (QED) is 0.591. The van der Waals surface area contributed by atoms with E-state index in [-0.39, 0.29) is 18.9 Å². The van der Waals surface area contributed by atoms with Crippen molar-refractivity contribution in [3.05, 3.63) is 0 Å². The number of carbonyl (C=O) groups is 3. The summed E-state index contributed by atoms with van der Waals surface area (Å²) in [7, 11) is 3.12. The molecule has 0 aromatic rings. The fourth-order valence-corrected chi connectivity index (χ4v) is 1.99. The van der Waals surface area contributed by atoms with Gasteiger partial charge in [-0.3, -0.25) is 4.79 Å². The molecule has 0 radical (unpaired) electrons. The second-order valence-electron chi connectivity index (χ2n) is 4.80. The standard InChI is InChI=1S/C11H19N3O5/c1-6(9(16)13(2)3)12-11(19)14-5-7(15)4-8(14)10(17)18/h6-8,15H,4-5H2,1-3H3,(H,12,19)(H,17,18). The van der Waals surface area contributed by atoms with Gasteiger partial charge in [-0.1, -0.05) is 0 Å². The Balaban J connectivity index is 2.67. The fraction of sp³-hybridized carbons (Fsp3) is 0.727. The number of carbonyl (C=O) groups excluding carboxylic acids is 2. The molecule has 8 heteroatoms. The van der Waals surface area contributed by atoms with Gasteiger partial charge >= 0.3 is 12.0 Å². The van der Waals surface area contributed by atoms with Crippen LogP contribution in [-0.2, 0) is 9.59 Å². The van der Waals surface area contributed by atoms with Crippen molar-refractivity contribution < 1.29 is 24.6 Å². The lowest BCUT2D eigenvalue weighted by molar-refractivity contribution is -0.141. The average molecular weight is 273 g/mol. The van der Waals surface area contributed by atoms with Gasteiger partial charge in [0.1, 0.15) is 12.1 Å². The summed E-state index contributed by atoms with van der Waals surface area (Å²) in [6.07, 6.45) is -0.856. The van der Waals surface area contributed by atoms with Crippen molar-refractivity contribution in [2.75, 3.05) is 20.6 Å². The Morgan fingerprint density at radius 1 is 1.37 bits per heavy atom. The largest absolute Gasteiger partial charge is 0.480 e. The van der Waals surface area contributed by atoms with Crippen molar-refractivity contribution in [1.82, 2.24) is 15.1 Å². The lowest BCUT2D eigenvalue weighted by Crippen LogP contribution is -2.52. The number of β-amino-alcohol motifs (C(OH)–C–C–N with tert-alkyl or cyclic N) is 1. The third-order valence-electron chi connectivity index (χ3n) is 2.98. The molecule has 1 fully saturated rings. The Bertz CT molecular complexity index is 385. The molecule has 0 spiro atoms. The molecule has 108 valence electrons. The van der Waals surface area contributed by atoms with Crippen LogP contribution in [0.4, 0.5) is 4.79 Å². The number of likely N-dealkylation sites (N-methyl/N-ethyl adjacent to an activating group) is 1. The van der Waals surface area contributed by atoms with Crippen molar-refractivity contribution in [3.8, 4) is 0 Å². The molecule has 0 aromatic carbocycles. The number of urea groups is 1. The summed E-state index contributed by atoms with van der Waals surface area (Å²) >= 11 is 0. The normalized spacial score (nSPS) is 23.9. The molecule has 19 heavy (non-hydrogen) atoms. The average Bonchev–Trinajstić information content (AvgIpc) is 2.70. The minimum Gasteiger partial charge on any atom is -0.480 e. The van der Waals surface area contributed by atoms with Gasteiger partial charge in [0.25, 0.3) is 0 Å². The number of carboxylic acid groups (broad SMARTS) is 1. The Kier molecular flexibility index (Phi) is 4.71. The van der Waals surface area contributed by atoms with Gasteiger partial charge in [-0.2, -0.15) is 0 Å². The Labute approximate surface area is 111 Å². The van der Waals surface area contributed by atoms with Crippen LogP contribution in [0.25, 0.3) is 0 Å². The van der Waals surface area contributed by atoms with E-state index in [9.17, 15) is 19.5 Å². The van der Waals surface area contributed by atoms with Gasteiger partial charge in [0.05, 0.1) is 6.10 Å². The van der Waals surface area contributed by atoms with Gasteiger partial charge in [0.15, 0.2) is 0 Å². The molecule has 0 aliphatic carbocycles. The summed E-state index contributed by atoms with van der Waals surface area (Å²) in [6, 6.07) is -2.47. The first kappa shape index (κ1) is 15.2. The number of likely N-dealkylation sites (tertiary alicyclic amines) is 1. The van der Waals surface area contributed by atoms with Crippen LogP contribution in [0, 0.1) is 0 Å². The van der Waals surface area contributed by atoms with E-state index in [1.807, 2.05) is 0 Å². The number of rotatable bonds is 3. The number of aliphatic carboxylic acids is 1. The van der Waals surface area contributed by atoms with Crippen LogP contribution in [0.1, 0.15) is 13.3 Å². The molecule has 0 saturated carbocycles. The molecule has 8 nitrogen and oxygen atoms in total. The number of carboxylic acids is 1. The van der Waals surface area contributed by atoms with E-state index in [1.165, 1.54) is 11.8 Å². The number of nitrogens with zero attached hydrogens (tertiary/aromatic N) is 2. The predicted octanol–water partition coefficient (Wildman–Crippen LogP) is -1.31. The number of aliphatic hydroxyl groups excluding tert-OH is 1. The highest BCUT2D eigenvalue weighted by atomic mass is 16.4. The summed E-state index contributed by atoms with van der Waals surface area (Å²) in [5.74, 6) is -1.46. The van der Waals surface area contributed by atoms with Crippen LogP contribution in [0.5, 0.6) is 0 Å². The number of hydrogen-bond donors (Lipinski definition) is 3. The van der Waals surface area contributed by atoms with Crippen LogP contribution >= 0.6 is 0 Å². The minimum atomic E-state index is -1.17. The Morgan fingerprint density at radius 3 is 2.42 bits per heavy atom. The van der Waals surface area contributed by atoms with E-state index in [1.54, 1.807) is 14.1 Å². The molecular weight excluding hydrogens is 254 g/mol. The Hall–Kier alpha value is -1.83. The van der Waals surface area contributed by atoms with Crippen molar-refractivity contribution in [2.24, 2.45) is 0 Å². The molecule has 1 heterocycles. The first-order valence-corrected chi connectivity index (χ1v) is 5.93. The molecule has 1 saturated heterocycles. The molecule has 1 rings (SSSR count). The third-order valence-corrected chi connectivity index (χ3v) is 2.98. The zero-order chi connectivity index (χ0) is 14.7. The summed E-state index contributed by atoms with van der Waals surface area (Å²) in [5, 5.41) is 20.8. The Morgan fingerprint density at radius 2 is 1.95 bits per heavy atom. The highest BCUT2D eigenvalue weighted by Crippen LogP contribution is 2.18. The van der Waals surface area contributed by atoms with Crippen molar-refractivity contribution in [1.29, 1.82) is 0 Å². The van der Waals surface area contributed by atoms with Gasteiger partial charge < -0.3 is 25.3 Å². The lowest BCUT2D eigenvalue weighted by atomic mass is 10.2. The van der Waals surface area contributed by atoms with Crippen molar-refractivity contribution in [3.63, 3.8) is 0 Å². The van der Waals surface area contributed by atoms with E-state index in [2.05, 4.69) is 5.32 Å². The second kappa shape index (κ2) is 5.87. The topological polar surface area (TPSA) is 110 Å². The second-order valence-corrected chi connectivity index (χ2v) is 4.80. The third kappa shape index (κ3) is 3.57. The van der Waals surface area contributed by atoms with E-state index in [4.69, 9.17) is 5.11 Å². The van der Waals surface area contributed by atoms with Gasteiger partial charge in [0, 0.05) is 27.1 Å². The SMILES string of the molecule is CC(NC(=O)N1CC(O)CC1C(=O)O)C(=O)N(C)C. The molecule has 1 aliphatic rings. The summed E-state index contributed by atoms with van der Waals surface area (Å²) < 4.78 is 0. The highest BCUT2D eigenvalue weighted by molar-refractivity contribution is 5.88. The maximum Gasteiger partial charge on any atom is 0.326 e. The monoisotopic (exact) mass is 273 g/mol. The first-order chi connectivity index (χ1) is 8.73. The highest BCUT2D eigenvalue weighted by Gasteiger charge is 2.39. The lowest BCUT2D eigenvalue weighted by Gasteiger charge is -2.25. The number of aliphatic hydroxyl groups is 1. The summed E-state index contributed by atoms with van der Waals surface area (Å²) in [6.45, 7) is 1.47. The maximum absolute atomic E-state index is 11.9. The van der Waals surface area contributed by atoms with Crippen molar-refractivity contribution >= 4 is 17.9 Å². The molecule has 1 aliphatic heterocycles. The maximum atomic E-state index is 11.9. The molecule has 3 N–H and O–H groups in total. The van der Waals surface area contributed by atoms with E-state index in [0.29, 0.717) is 0 Å². The van der Waals surface area contributed by atoms with Gasteiger partial charge in [-0.15, -0.1) is 0 Å². The van der Waals surface area contributed by atoms with E-state index >= 15 is 0 Å². The van der Waals surface area contributed by atoms with Crippen LogP contribution in [0.15, 0.2) is 0 Å². The number of hydrogen-bond acceptors (Lipinski definition) is 4. The molecule has 3 amide bonds. The minimum absolute atomic E-state index is 0.00123. The smallest absolute Gasteiger partial charge is 0.326 e. The summed E-state index contributed by atoms with van der Waals surface area (Å²) in [4.78, 5) is 36.9. The van der Waals surface area contributed by atoms with Crippen LogP contribution in [0.2, 0.25) is 0 Å². The molecule has 0 aromatic heterocycles. The zero-order valence-electron chi connectivity index (χ0n) is 11.2. The van der Waals surface area contributed by atoms with Gasteiger partial charge in [0.2, 0.25) is 5.91 Å². The molecule has 3 atom stereocenters. The first-order valence-electron chi connectivity index (χ1n) is 5.93. The fourth-order valence-electron chi connectivity index (χ4n) is 1.99. The van der Waals surface area contributed by atoms with Gasteiger partial charge in [-0.25, -0.2) is 9.59 Å². The molecule has 0 bridgehead atoms. The van der Waals surface area contributed by atoms with Gasteiger partial charge in [-0.05, 0) is 6.92 Å². The van der Waals surface area contributed by atoms with E-state index < -0.39 is 30.2 Å². The summed E-state index contributed by atoms with van der Waals surface area (Å²) in [5.41, 5.74) is 0. The predicted molar refractivity (Wildman–Crippen MR) is 65.4 cm³/mol. The van der Waals surface area contributed by atoms with Crippen LogP contribution < -0.4 is 5.32 Å². The van der Waals surface area contributed by atoms with Crippen LogP contribution in [-0.4, -0.2) is 76.7 Å². The number of amides is 3. The van der Waals surface area contributed by atoms with E-state index in [0.717, 1.165) is 4.90 Å². The van der Waals surface area contributed by atoms with Crippen LogP contribution in [0.3, 0.4) is 0 Å². The number of nitrogens with one attached hydrogen (secondary N) is 1. The molecule has 3 unspecified atom stereocenters. The zero-order valence-corrected chi connectivity index (χ0v) is 11.2. The van der Waals surface area contributed by atoms with Crippen molar-refractivity contribution in [2.45, 2.75) is 31.5 Å². The molecular formula is C11H19N3O5.